The Morgan fingerprint density at radius 1 is 1.00 bits per heavy atom. The van der Waals surface area contributed by atoms with Crippen LogP contribution in [0, 0.1) is 5.92 Å². The number of ketones is 2. The Morgan fingerprint density at radius 2 is 1.58 bits per heavy atom. The van der Waals surface area contributed by atoms with Gasteiger partial charge in [-0.15, -0.1) is 0 Å². The number of rotatable bonds is 5. The van der Waals surface area contributed by atoms with Gasteiger partial charge >= 0.3 is 0 Å². The highest BCUT2D eigenvalue weighted by atomic mass is 35.5. The molecule has 0 amide bonds. The largest absolute Gasteiger partial charge is 0.299 e. The van der Waals surface area contributed by atoms with Crippen LogP contribution in [0.5, 0.6) is 0 Å². The quantitative estimate of drug-likeness (QED) is 0.639. The summed E-state index contributed by atoms with van der Waals surface area (Å²) >= 11 is 11.9. The van der Waals surface area contributed by atoms with E-state index in [1.807, 2.05) is 24.3 Å². The van der Waals surface area contributed by atoms with Gasteiger partial charge in [-0.25, -0.2) is 0 Å². The minimum absolute atomic E-state index is 0.0336. The van der Waals surface area contributed by atoms with E-state index in [0.717, 1.165) is 18.4 Å². The minimum Gasteiger partial charge on any atom is -0.299 e. The third-order valence-corrected chi connectivity index (χ3v) is 5.21. The first-order valence-electron chi connectivity index (χ1n) is 8.11. The van der Waals surface area contributed by atoms with E-state index in [4.69, 9.17) is 23.2 Å². The molecule has 2 aromatic rings. The van der Waals surface area contributed by atoms with Crippen LogP contribution in [0.1, 0.15) is 47.5 Å². The molecule has 0 radical (unpaired) electrons. The van der Waals surface area contributed by atoms with Crippen molar-refractivity contribution in [1.29, 1.82) is 0 Å². The Bertz CT molecular complexity index is 735. The molecule has 0 aliphatic heterocycles. The summed E-state index contributed by atoms with van der Waals surface area (Å²) in [7, 11) is 0. The second kappa shape index (κ2) is 7.50. The van der Waals surface area contributed by atoms with Crippen molar-refractivity contribution in [2.75, 3.05) is 0 Å². The van der Waals surface area contributed by atoms with Gasteiger partial charge in [0.15, 0.2) is 5.78 Å². The van der Waals surface area contributed by atoms with Gasteiger partial charge in [-0.2, -0.15) is 0 Å². The van der Waals surface area contributed by atoms with Gasteiger partial charge in [0, 0.05) is 40.3 Å². The monoisotopic (exact) mass is 360 g/mol. The number of benzene rings is 2. The lowest BCUT2D eigenvalue weighted by molar-refractivity contribution is -0.121. The Labute approximate surface area is 151 Å². The molecule has 124 valence electrons. The molecule has 1 aliphatic rings. The van der Waals surface area contributed by atoms with Crippen LogP contribution in [0.2, 0.25) is 10.0 Å². The Kier molecular flexibility index (Phi) is 5.37. The highest BCUT2D eigenvalue weighted by molar-refractivity contribution is 6.30. The normalized spacial score (nSPS) is 18.6. The molecule has 0 saturated heterocycles. The van der Waals surface area contributed by atoms with Gasteiger partial charge in [-0.05, 0) is 54.8 Å². The van der Waals surface area contributed by atoms with Gasteiger partial charge in [0.1, 0.15) is 5.78 Å². The summed E-state index contributed by atoms with van der Waals surface area (Å²) in [4.78, 5) is 25.0. The average molecular weight is 361 g/mol. The zero-order valence-corrected chi connectivity index (χ0v) is 14.7. The molecule has 0 spiro atoms. The van der Waals surface area contributed by atoms with E-state index in [2.05, 4.69) is 0 Å². The number of halogens is 2. The number of hydrogen-bond donors (Lipinski definition) is 0. The summed E-state index contributed by atoms with van der Waals surface area (Å²) in [5.41, 5.74) is 1.63. The molecule has 0 aromatic heterocycles. The van der Waals surface area contributed by atoms with Crippen molar-refractivity contribution in [3.05, 3.63) is 69.7 Å². The van der Waals surface area contributed by atoms with E-state index in [0.29, 0.717) is 28.5 Å². The Morgan fingerprint density at radius 3 is 2.12 bits per heavy atom. The smallest absolute Gasteiger partial charge is 0.163 e. The average Bonchev–Trinajstić information content (AvgIpc) is 3.00. The predicted octanol–water partition coefficient (Wildman–Crippen LogP) is 5.72. The van der Waals surface area contributed by atoms with Crippen LogP contribution >= 0.6 is 23.2 Å². The van der Waals surface area contributed by atoms with Crippen LogP contribution in [0.15, 0.2) is 48.5 Å². The summed E-state index contributed by atoms with van der Waals surface area (Å²) in [5.74, 6) is 0.119. The summed E-state index contributed by atoms with van der Waals surface area (Å²) in [6, 6.07) is 14.4. The Hall–Kier alpha value is -1.64. The molecule has 3 rings (SSSR count). The van der Waals surface area contributed by atoms with Crippen molar-refractivity contribution in [3.8, 4) is 0 Å². The van der Waals surface area contributed by atoms with E-state index in [1.165, 1.54) is 0 Å². The van der Waals surface area contributed by atoms with Crippen LogP contribution in [-0.2, 0) is 4.79 Å². The van der Waals surface area contributed by atoms with Gasteiger partial charge < -0.3 is 0 Å². The molecule has 2 nitrogen and oxygen atoms in total. The molecule has 0 N–H and O–H groups in total. The molecule has 1 aliphatic carbocycles. The second-order valence-corrected chi connectivity index (χ2v) is 7.13. The van der Waals surface area contributed by atoms with E-state index < -0.39 is 0 Å². The fourth-order valence-corrected chi connectivity index (χ4v) is 3.68. The molecule has 1 saturated carbocycles. The zero-order valence-electron chi connectivity index (χ0n) is 13.2. The van der Waals surface area contributed by atoms with E-state index >= 15 is 0 Å². The fourth-order valence-electron chi connectivity index (χ4n) is 3.42. The lowest BCUT2D eigenvalue weighted by atomic mass is 9.80. The van der Waals surface area contributed by atoms with E-state index in [-0.39, 0.29) is 23.4 Å². The van der Waals surface area contributed by atoms with Gasteiger partial charge in [-0.3, -0.25) is 9.59 Å². The second-order valence-electron chi connectivity index (χ2n) is 6.26. The summed E-state index contributed by atoms with van der Waals surface area (Å²) in [5, 5.41) is 1.26. The molecule has 0 heterocycles. The molecular weight excluding hydrogens is 343 g/mol. The number of Topliss-reactive ketones (excluding diaryl/α,β-unsaturated/α-hetero) is 2. The maximum absolute atomic E-state index is 12.7. The molecule has 0 bridgehead atoms. The standard InChI is InChI=1S/C20H18Cl2O2/c21-15-8-4-13(5-9-15)18(17-2-1-3-19(17)23)12-20(24)14-6-10-16(22)11-7-14/h4-11,17-18H,1-3,12H2/t17-,18+/m0/s1. The molecule has 2 atom stereocenters. The summed E-state index contributed by atoms with van der Waals surface area (Å²) in [6.07, 6.45) is 2.69. The van der Waals surface area contributed by atoms with E-state index in [1.54, 1.807) is 24.3 Å². The molecular formula is C20H18Cl2O2. The molecule has 0 unspecified atom stereocenters. The van der Waals surface area contributed by atoms with Crippen LogP contribution in [-0.4, -0.2) is 11.6 Å². The lowest BCUT2D eigenvalue weighted by Gasteiger charge is -2.22. The fraction of sp³-hybridized carbons (Fsp3) is 0.300. The highest BCUT2D eigenvalue weighted by Gasteiger charge is 2.34. The SMILES string of the molecule is O=C(C[C@H](c1ccc(Cl)cc1)[C@@H]1CCCC1=O)c1ccc(Cl)cc1. The number of carbonyl (C=O) groups is 2. The maximum atomic E-state index is 12.7. The highest BCUT2D eigenvalue weighted by Crippen LogP contribution is 2.38. The zero-order chi connectivity index (χ0) is 17.1. The maximum Gasteiger partial charge on any atom is 0.163 e. The van der Waals surface area contributed by atoms with Gasteiger partial charge in [-0.1, -0.05) is 35.3 Å². The van der Waals surface area contributed by atoms with Crippen molar-refractivity contribution < 1.29 is 9.59 Å². The molecule has 1 fully saturated rings. The first kappa shape index (κ1) is 17.2. The van der Waals surface area contributed by atoms with Crippen LogP contribution in [0.4, 0.5) is 0 Å². The molecule has 24 heavy (non-hydrogen) atoms. The Balaban J connectivity index is 1.86. The third kappa shape index (κ3) is 3.88. The van der Waals surface area contributed by atoms with Crippen LogP contribution < -0.4 is 0 Å². The van der Waals surface area contributed by atoms with Crippen molar-refractivity contribution in [1.82, 2.24) is 0 Å². The molecule has 2 aromatic carbocycles. The topological polar surface area (TPSA) is 34.1 Å². The van der Waals surface area contributed by atoms with Crippen molar-refractivity contribution in [2.45, 2.75) is 31.6 Å². The first-order chi connectivity index (χ1) is 11.5. The third-order valence-electron chi connectivity index (χ3n) is 4.71. The number of hydrogen-bond acceptors (Lipinski definition) is 2. The van der Waals surface area contributed by atoms with Crippen molar-refractivity contribution in [2.24, 2.45) is 5.92 Å². The van der Waals surface area contributed by atoms with Crippen molar-refractivity contribution in [3.63, 3.8) is 0 Å². The van der Waals surface area contributed by atoms with E-state index in [9.17, 15) is 9.59 Å². The van der Waals surface area contributed by atoms with Crippen LogP contribution in [0.3, 0.4) is 0 Å². The minimum atomic E-state index is -0.0968. The number of carbonyl (C=O) groups excluding carboxylic acids is 2. The van der Waals surface area contributed by atoms with Gasteiger partial charge in [0.05, 0.1) is 0 Å². The predicted molar refractivity (Wildman–Crippen MR) is 96.9 cm³/mol. The van der Waals surface area contributed by atoms with Crippen LogP contribution in [0.25, 0.3) is 0 Å². The molecule has 4 heteroatoms. The first-order valence-corrected chi connectivity index (χ1v) is 8.87. The summed E-state index contributed by atoms with van der Waals surface area (Å²) < 4.78 is 0. The van der Waals surface area contributed by atoms with Crippen molar-refractivity contribution >= 4 is 34.8 Å². The lowest BCUT2D eigenvalue weighted by Crippen LogP contribution is -2.20. The summed E-state index contributed by atoms with van der Waals surface area (Å²) in [6.45, 7) is 0. The van der Waals surface area contributed by atoms with Gasteiger partial charge in [0.2, 0.25) is 0 Å². The van der Waals surface area contributed by atoms with Gasteiger partial charge in [0.25, 0.3) is 0 Å².